The number of likely N-dealkylation sites (tertiary alicyclic amines) is 2. The molecular weight excluding hydrogens is 1160 g/mol. The number of β-amino-alcohol motifs (C(OH)–C–C–N with tert-alkyl or cyclic N) is 3. The summed E-state index contributed by atoms with van der Waals surface area (Å²) in [5, 5.41) is 52.0. The second kappa shape index (κ2) is 33.7. The number of amides is 3. The van der Waals surface area contributed by atoms with Gasteiger partial charge in [0.05, 0.1) is 75.6 Å². The van der Waals surface area contributed by atoms with E-state index in [9.17, 15) is 39.0 Å². The summed E-state index contributed by atoms with van der Waals surface area (Å²) in [5.74, 6) is -3.37. The number of benzene rings is 2. The van der Waals surface area contributed by atoms with Crippen molar-refractivity contribution in [2.75, 3.05) is 26.7 Å². The second-order valence-corrected chi connectivity index (χ2v) is 26.4. The minimum atomic E-state index is -1.05. The highest BCUT2D eigenvalue weighted by molar-refractivity contribution is 7.13. The number of thiazole rings is 2. The lowest BCUT2D eigenvalue weighted by Gasteiger charge is -2.32. The molecule has 0 bridgehead atoms. The molecule has 3 aliphatic heterocycles. The molecule has 0 radical (unpaired) electrons. The number of carboxylic acid groups (broad SMARTS) is 2. The monoisotopic (exact) mass is 1250 g/mol. The number of hydrogen-bond acceptors (Lipinski definition) is 17. The Morgan fingerprint density at radius 2 is 1.07 bits per heavy atom. The van der Waals surface area contributed by atoms with Gasteiger partial charge in [0, 0.05) is 50.9 Å². The Morgan fingerprint density at radius 3 is 1.40 bits per heavy atom. The quantitative estimate of drug-likeness (QED) is 0.0643. The van der Waals surface area contributed by atoms with Gasteiger partial charge in [-0.25, -0.2) is 14.8 Å². The standard InChI is InChI=1S/C23H32N4O3S.C12H14N2S.C12H21NO4.C7H14O2.C6H11NO3.2ClH/c1-13(15-6-8-16(9-7-15)19-14(2)25-12-31-19)26-21(29)18-10-17(28)11-27(18)22(30)20(24)23(3,4)5;1-8(13)10-3-5-11(6-4-10)12-9(2)14-7-15-12;1-7(12(2,3)4)10(15)13-6-8(14)5-9(13)11(16)17;1-5(6(8)9)7(2,3)4;1-10-6(9)5-2-4(8)3-7-5;;/h6-9,12-13,17-18,20,28H,10-11,24H2,1-5H3,(H,26,29);3-8H,13H2,1-2H3;7-9,14H,5-6H2,1-4H3,(H,16,17);5H,1-4H3,(H,8,9);4-5,7-8H,2-3H2,1H3;2*1H/t13-,17-,18?,20+;8-;7-,8-,9?;5-;4-,5?;;/m00111../s1. The number of ether oxygens (including phenoxy) is 1. The SMILES string of the molecule is COC(=O)C1C[C@@H](O)CN1.C[C@H](C(=O)N1C[C@H](O)CC1C(=O)O)C(C)(C)C.C[C@H](C(=O)O)C(C)(C)C.Cc1ncsc1-c1ccc([C@H](C)N)cc1.Cc1ncsc1-c1ccc([C@H](C)NC(=O)C2C[C@H](O)CN2C(=O)[C@@H](N)C(C)(C)C)cc1.Cl.Cl. The van der Waals surface area contributed by atoms with Gasteiger partial charge in [0.2, 0.25) is 17.7 Å². The van der Waals surface area contributed by atoms with Crippen LogP contribution in [0.4, 0.5) is 0 Å². The predicted octanol–water partition coefficient (Wildman–Crippen LogP) is 7.96. The van der Waals surface area contributed by atoms with E-state index in [4.69, 9.17) is 26.8 Å². The number of hydrogen-bond donors (Lipinski definition) is 9. The highest BCUT2D eigenvalue weighted by atomic mass is 35.5. The van der Waals surface area contributed by atoms with Gasteiger partial charge in [-0.3, -0.25) is 24.0 Å². The van der Waals surface area contributed by atoms with Crippen molar-refractivity contribution in [3.63, 3.8) is 0 Å². The third-order valence-electron chi connectivity index (χ3n) is 15.1. The zero-order chi connectivity index (χ0) is 62.4. The summed E-state index contributed by atoms with van der Waals surface area (Å²) in [6.07, 6.45) is -1.06. The first-order valence-corrected chi connectivity index (χ1v) is 29.4. The molecule has 84 heavy (non-hydrogen) atoms. The fourth-order valence-corrected chi connectivity index (χ4v) is 10.2. The van der Waals surface area contributed by atoms with Gasteiger partial charge in [0.15, 0.2) is 0 Å². The zero-order valence-corrected chi connectivity index (χ0v) is 54.8. The van der Waals surface area contributed by atoms with Gasteiger partial charge in [-0.05, 0) is 66.2 Å². The van der Waals surface area contributed by atoms with Crippen LogP contribution in [0.25, 0.3) is 20.9 Å². The van der Waals surface area contributed by atoms with Crippen LogP contribution >= 0.6 is 47.5 Å². The number of nitrogens with zero attached hydrogens (tertiary/aromatic N) is 4. The number of carboxylic acids is 2. The molecule has 3 fully saturated rings. The van der Waals surface area contributed by atoms with Crippen molar-refractivity contribution in [3.05, 3.63) is 82.1 Å². The van der Waals surface area contributed by atoms with E-state index in [1.165, 1.54) is 32.9 Å². The Kier molecular flexibility index (Phi) is 30.8. The number of nitrogens with two attached hydrogens (primary N) is 2. The number of carbonyl (C=O) groups is 6. The Bertz CT molecular complexity index is 2730. The molecule has 3 unspecified atom stereocenters. The summed E-state index contributed by atoms with van der Waals surface area (Å²) in [4.78, 5) is 83.9. The fourth-order valence-electron chi connectivity index (χ4n) is 8.59. The number of rotatable bonds is 11. The third kappa shape index (κ3) is 22.6. The lowest BCUT2D eigenvalue weighted by Crippen LogP contribution is -2.55. The summed E-state index contributed by atoms with van der Waals surface area (Å²) in [6, 6.07) is 13.6. The number of methoxy groups -OCH3 is 1. The van der Waals surface area contributed by atoms with Crippen LogP contribution in [0.2, 0.25) is 0 Å². The molecular formula is C60H94Cl2N8O12S2. The van der Waals surface area contributed by atoms with Crippen molar-refractivity contribution in [1.82, 2.24) is 30.4 Å². The van der Waals surface area contributed by atoms with Gasteiger partial charge >= 0.3 is 17.9 Å². The molecule has 4 aromatic rings. The minimum Gasteiger partial charge on any atom is -0.481 e. The number of carbonyl (C=O) groups excluding carboxylic acids is 4. The maximum atomic E-state index is 13.0. The lowest BCUT2D eigenvalue weighted by atomic mass is 9.81. The summed E-state index contributed by atoms with van der Waals surface area (Å²) < 4.78 is 4.47. The van der Waals surface area contributed by atoms with E-state index >= 15 is 0 Å². The Hall–Kier alpha value is -5.14. The first kappa shape index (κ1) is 76.9. The molecule has 7 rings (SSSR count). The summed E-state index contributed by atoms with van der Waals surface area (Å²) in [7, 11) is 1.34. The van der Waals surface area contributed by atoms with Gasteiger partial charge in [-0.2, -0.15) is 0 Å². The first-order valence-electron chi connectivity index (χ1n) is 27.6. The molecule has 2 aromatic heterocycles. The molecule has 24 heteroatoms. The van der Waals surface area contributed by atoms with E-state index in [0.29, 0.717) is 13.0 Å². The molecule has 3 aliphatic rings. The van der Waals surface area contributed by atoms with Crippen LogP contribution in [0, 0.1) is 41.9 Å². The number of aliphatic hydroxyl groups excluding tert-OH is 3. The number of halogens is 2. The molecule has 11 N–H and O–H groups in total. The van der Waals surface area contributed by atoms with E-state index in [-0.39, 0.29) is 115 Å². The summed E-state index contributed by atoms with van der Waals surface area (Å²) in [5.41, 5.74) is 21.4. The van der Waals surface area contributed by atoms with Crippen LogP contribution in [0.3, 0.4) is 0 Å². The fraction of sp³-hybridized carbons (Fsp3) is 0.600. The van der Waals surface area contributed by atoms with Crippen molar-refractivity contribution in [2.24, 2.45) is 39.5 Å². The van der Waals surface area contributed by atoms with E-state index in [2.05, 4.69) is 49.6 Å². The molecule has 20 nitrogen and oxygen atoms in total. The van der Waals surface area contributed by atoms with Gasteiger partial charge in [0.25, 0.3) is 0 Å². The third-order valence-corrected chi connectivity index (χ3v) is 17.0. The molecule has 0 saturated carbocycles. The molecule has 11 atom stereocenters. The average molecular weight is 1250 g/mol. The Balaban J connectivity index is 0.000000567. The topological polar surface area (TPSA) is 321 Å². The van der Waals surface area contributed by atoms with Crippen molar-refractivity contribution >= 4 is 83.1 Å². The van der Waals surface area contributed by atoms with Crippen LogP contribution in [0.1, 0.15) is 144 Å². The zero-order valence-electron chi connectivity index (χ0n) is 51.5. The van der Waals surface area contributed by atoms with Crippen molar-refractivity contribution in [3.8, 4) is 20.9 Å². The predicted molar refractivity (Wildman–Crippen MR) is 335 cm³/mol. The van der Waals surface area contributed by atoms with Gasteiger partial charge in [-0.15, -0.1) is 47.5 Å². The number of nitrogens with one attached hydrogen (secondary N) is 2. The smallest absolute Gasteiger partial charge is 0.326 e. The van der Waals surface area contributed by atoms with Crippen LogP contribution in [-0.4, -0.2) is 150 Å². The number of esters is 1. The van der Waals surface area contributed by atoms with E-state index in [1.54, 1.807) is 36.5 Å². The Morgan fingerprint density at radius 1 is 0.643 bits per heavy atom. The van der Waals surface area contributed by atoms with Crippen LogP contribution < -0.4 is 22.1 Å². The van der Waals surface area contributed by atoms with Gasteiger partial charge in [0.1, 0.15) is 18.1 Å². The van der Waals surface area contributed by atoms with Crippen molar-refractivity contribution in [2.45, 2.75) is 178 Å². The first-order chi connectivity index (χ1) is 37.9. The van der Waals surface area contributed by atoms with Gasteiger partial charge in [-0.1, -0.05) is 125 Å². The largest absolute Gasteiger partial charge is 0.481 e. The van der Waals surface area contributed by atoms with Crippen LogP contribution in [0.15, 0.2) is 59.6 Å². The molecule has 2 aromatic carbocycles. The maximum absolute atomic E-state index is 13.0. The lowest BCUT2D eigenvalue weighted by molar-refractivity contribution is -0.151. The minimum absolute atomic E-state index is 0. The van der Waals surface area contributed by atoms with Crippen molar-refractivity contribution in [1.29, 1.82) is 0 Å². The molecule has 5 heterocycles. The highest BCUT2D eigenvalue weighted by Crippen LogP contribution is 2.33. The normalized spacial score (nSPS) is 21.0. The number of aliphatic carboxylic acids is 2. The van der Waals surface area contributed by atoms with Gasteiger partial charge < -0.3 is 62.2 Å². The van der Waals surface area contributed by atoms with Crippen LogP contribution in [0.5, 0.6) is 0 Å². The molecule has 3 saturated heterocycles. The van der Waals surface area contributed by atoms with Crippen molar-refractivity contribution < 1.29 is 59.0 Å². The average Bonchev–Trinajstić information content (AvgIpc) is 4.46. The van der Waals surface area contributed by atoms with E-state index in [0.717, 1.165) is 27.4 Å². The molecule has 3 amide bonds. The Labute approximate surface area is 516 Å². The summed E-state index contributed by atoms with van der Waals surface area (Å²) in [6.45, 7) is 29.4. The summed E-state index contributed by atoms with van der Waals surface area (Å²) >= 11 is 3.27. The van der Waals surface area contributed by atoms with Crippen LogP contribution in [-0.2, 0) is 33.5 Å². The molecule has 472 valence electrons. The number of aryl methyl sites for hydroxylation is 2. The highest BCUT2D eigenvalue weighted by Gasteiger charge is 2.44. The number of aliphatic hydroxyl groups is 3. The number of aromatic nitrogens is 2. The maximum Gasteiger partial charge on any atom is 0.326 e. The second-order valence-electron chi connectivity index (χ2n) is 24.7. The molecule has 0 spiro atoms. The molecule has 0 aliphatic carbocycles. The van der Waals surface area contributed by atoms with E-state index in [1.807, 2.05) is 125 Å². The van der Waals surface area contributed by atoms with E-state index < -0.39 is 53.8 Å².